The number of hydrogen-bond donors (Lipinski definition) is 0. The molecule has 2 aromatic rings. The molecule has 31 heavy (non-hydrogen) atoms. The van der Waals surface area contributed by atoms with Crippen LogP contribution >= 0.6 is 31.9 Å². The Morgan fingerprint density at radius 2 is 1.23 bits per heavy atom. The quantitative estimate of drug-likeness (QED) is 0.164. The lowest BCUT2D eigenvalue weighted by molar-refractivity contribution is -0.531. The monoisotopic (exact) mass is 547 g/mol. The number of fused-ring (bicyclic) bond motifs is 3. The number of nitrogens with zero attached hydrogens (tertiary/aromatic N) is 1. The van der Waals surface area contributed by atoms with E-state index in [4.69, 9.17) is 0 Å². The van der Waals surface area contributed by atoms with E-state index in [2.05, 4.69) is 86.7 Å². The van der Waals surface area contributed by atoms with Gasteiger partial charge in [-0.3, -0.25) is 0 Å². The molecule has 0 bridgehead atoms. The van der Waals surface area contributed by atoms with Crippen LogP contribution in [0.25, 0.3) is 11.3 Å². The van der Waals surface area contributed by atoms with Gasteiger partial charge in [-0.25, -0.2) is 0 Å². The number of rotatable bonds is 14. The molecule has 1 nitrogen and oxygen atoms in total. The zero-order chi connectivity index (χ0) is 22.1. The van der Waals surface area contributed by atoms with E-state index in [0.717, 1.165) is 0 Å². The number of unbranched alkanes of at least 4 members (excludes halogenated alkanes) is 10. The van der Waals surface area contributed by atoms with Crippen molar-refractivity contribution in [2.24, 2.45) is 0 Å². The second-order valence-corrected chi connectivity index (χ2v) is 11.5. The van der Waals surface area contributed by atoms with E-state index in [0.29, 0.717) is 0 Å². The predicted octanol–water partition coefficient (Wildman–Crippen LogP) is 8.90. The molecule has 0 amide bonds. The maximum atomic E-state index is 3.79. The number of benzene rings is 1. The highest BCUT2D eigenvalue weighted by Crippen LogP contribution is 2.33. The van der Waals surface area contributed by atoms with Gasteiger partial charge in [-0.1, -0.05) is 119 Å². The molecule has 1 aromatic carbocycles. The van der Waals surface area contributed by atoms with E-state index in [1.807, 2.05) is 0 Å². The Balaban J connectivity index is 1.85. The average Bonchev–Trinajstić information content (AvgIpc) is 3.02. The summed E-state index contributed by atoms with van der Waals surface area (Å²) >= 11 is 7.56. The summed E-state index contributed by atoms with van der Waals surface area (Å²) in [6.07, 6.45) is 20.6. The van der Waals surface area contributed by atoms with Crippen LogP contribution in [-0.4, -0.2) is 6.28 Å². The molecule has 4 heteroatoms. The fourth-order valence-electron chi connectivity index (χ4n) is 5.75. The molecule has 170 valence electrons. The van der Waals surface area contributed by atoms with Crippen molar-refractivity contribution in [1.82, 2.24) is 0 Å². The topological polar surface area (TPSA) is 3.88 Å². The summed E-state index contributed by atoms with van der Waals surface area (Å²) < 4.78 is 5.09. The maximum absolute atomic E-state index is 3.79. The Morgan fingerprint density at radius 1 is 0.677 bits per heavy atom. The van der Waals surface area contributed by atoms with Gasteiger partial charge in [0.25, 0.3) is 0 Å². The lowest BCUT2D eigenvalue weighted by Gasteiger charge is -2.32. The van der Waals surface area contributed by atoms with Gasteiger partial charge in [-0.2, -0.15) is 0 Å². The molecular formula is C27H40BBr2N. The smallest absolute Gasteiger partial charge is 0.306 e. The fourth-order valence-corrected chi connectivity index (χ4v) is 6.48. The summed E-state index contributed by atoms with van der Waals surface area (Å²) in [5.74, 6) is 0. The number of aromatic nitrogens is 1. The molecule has 0 fully saturated rings. The molecule has 0 unspecified atom stereocenters. The molecule has 0 radical (unpaired) electrons. The van der Waals surface area contributed by atoms with Crippen LogP contribution in [0.1, 0.15) is 90.9 Å². The highest BCUT2D eigenvalue weighted by molar-refractivity contribution is 9.10. The van der Waals surface area contributed by atoms with Crippen LogP contribution in [0.3, 0.4) is 0 Å². The largest absolute Gasteiger partial charge is 0.415 e. The maximum Gasteiger partial charge on any atom is 0.306 e. The second-order valence-electron chi connectivity index (χ2n) is 9.68. The minimum Gasteiger partial charge on any atom is -0.415 e. The first-order chi connectivity index (χ1) is 15.1. The molecular weight excluding hydrogens is 509 g/mol. The molecule has 1 aliphatic rings. The van der Waals surface area contributed by atoms with Gasteiger partial charge in [-0.05, 0) is 28.1 Å². The third-order valence-corrected chi connectivity index (χ3v) is 8.37. The van der Waals surface area contributed by atoms with E-state index >= 15 is 0 Å². The third-order valence-electron chi connectivity index (χ3n) is 7.41. The van der Waals surface area contributed by atoms with Crippen LogP contribution in [0.5, 0.6) is 0 Å². The first kappa shape index (κ1) is 25.0. The number of halogens is 2. The van der Waals surface area contributed by atoms with Crippen molar-refractivity contribution in [2.75, 3.05) is 0 Å². The van der Waals surface area contributed by atoms with Crippen molar-refractivity contribution in [3.8, 4) is 11.3 Å². The van der Waals surface area contributed by atoms with Gasteiger partial charge in [0.15, 0.2) is 5.69 Å². The zero-order valence-corrected chi connectivity index (χ0v) is 22.8. The summed E-state index contributed by atoms with van der Waals surface area (Å²) in [5, 5.41) is 0. The van der Waals surface area contributed by atoms with Gasteiger partial charge in [0, 0.05) is 16.1 Å². The first-order valence-electron chi connectivity index (χ1n) is 12.8. The predicted molar refractivity (Wildman–Crippen MR) is 145 cm³/mol. The minimum absolute atomic E-state index is 0.767. The van der Waals surface area contributed by atoms with Gasteiger partial charge in [0.1, 0.15) is 6.20 Å². The van der Waals surface area contributed by atoms with Gasteiger partial charge in [-0.15, -0.1) is 18.1 Å². The Hall–Kier alpha value is -0.605. The lowest BCUT2D eigenvalue weighted by Crippen LogP contribution is -2.68. The Morgan fingerprint density at radius 3 is 1.84 bits per heavy atom. The van der Waals surface area contributed by atoms with Gasteiger partial charge < -0.3 is 4.48 Å². The summed E-state index contributed by atoms with van der Waals surface area (Å²) in [5.41, 5.74) is 4.45. The van der Waals surface area contributed by atoms with Gasteiger partial charge >= 0.3 is 6.28 Å². The first-order valence-corrected chi connectivity index (χ1v) is 14.4. The Kier molecular flexibility index (Phi) is 10.2. The van der Waals surface area contributed by atoms with Crippen molar-refractivity contribution in [3.63, 3.8) is 0 Å². The van der Waals surface area contributed by atoms with Crippen LogP contribution in [0.2, 0.25) is 12.6 Å². The standard InChI is InChI=1S/C27H40BBr2N/c1-3-5-7-9-11-13-19-28(20-14-12-10-8-6-4-2)26-21-23(29)15-17-25(26)27-18-16-24(30)22-31(27)28/h15-18,21-22H,3-14,19-20H2,1-2H3. The molecule has 0 aliphatic carbocycles. The van der Waals surface area contributed by atoms with E-state index in [-0.39, 0.29) is 0 Å². The van der Waals surface area contributed by atoms with Crippen molar-refractivity contribution >= 4 is 43.6 Å². The lowest BCUT2D eigenvalue weighted by atomic mass is 9.27. The highest BCUT2D eigenvalue weighted by atomic mass is 79.9. The summed E-state index contributed by atoms with van der Waals surface area (Å²) in [4.78, 5) is 0. The molecule has 0 saturated carbocycles. The van der Waals surface area contributed by atoms with E-state index in [1.54, 1.807) is 5.46 Å². The Bertz CT molecular complexity index is 766. The normalized spacial score (nSPS) is 13.9. The highest BCUT2D eigenvalue weighted by Gasteiger charge is 2.46. The van der Waals surface area contributed by atoms with E-state index in [9.17, 15) is 0 Å². The van der Waals surface area contributed by atoms with Crippen LogP contribution in [0, 0.1) is 0 Å². The van der Waals surface area contributed by atoms with Gasteiger partial charge in [0.05, 0.1) is 4.47 Å². The Labute approximate surface area is 207 Å². The van der Waals surface area contributed by atoms with Crippen molar-refractivity contribution in [2.45, 2.75) is 104 Å². The third kappa shape index (κ3) is 6.25. The number of hydrogen-bond acceptors (Lipinski definition) is 0. The molecule has 3 rings (SSSR count). The van der Waals surface area contributed by atoms with E-state index < -0.39 is 6.28 Å². The molecule has 0 atom stereocenters. The second kappa shape index (κ2) is 12.6. The van der Waals surface area contributed by atoms with Crippen LogP contribution in [-0.2, 0) is 0 Å². The molecule has 0 saturated heterocycles. The minimum atomic E-state index is -0.767. The van der Waals surface area contributed by atoms with Crippen LogP contribution in [0.4, 0.5) is 0 Å². The number of pyridine rings is 1. The van der Waals surface area contributed by atoms with Crippen LogP contribution < -0.4 is 9.94 Å². The van der Waals surface area contributed by atoms with Crippen LogP contribution in [0.15, 0.2) is 45.5 Å². The van der Waals surface area contributed by atoms with Crippen molar-refractivity contribution in [3.05, 3.63) is 45.5 Å². The fraction of sp³-hybridized carbons (Fsp3) is 0.593. The van der Waals surface area contributed by atoms with Crippen molar-refractivity contribution < 1.29 is 4.48 Å². The van der Waals surface area contributed by atoms with Crippen molar-refractivity contribution in [1.29, 1.82) is 0 Å². The SMILES string of the molecule is CCCCCCCC[B-]1(CCCCCCCC)c2cc(Br)ccc2-c2ccc(Br)c[n+]21. The molecule has 1 aliphatic heterocycles. The molecule has 2 heterocycles. The molecule has 1 aromatic heterocycles. The molecule has 0 N–H and O–H groups in total. The van der Waals surface area contributed by atoms with Gasteiger partial charge in [0.2, 0.25) is 0 Å². The molecule has 0 spiro atoms. The summed E-state index contributed by atoms with van der Waals surface area (Å²) in [6, 6.07) is 11.5. The summed E-state index contributed by atoms with van der Waals surface area (Å²) in [6.45, 7) is 4.61. The van der Waals surface area contributed by atoms with E-state index in [1.165, 1.54) is 110 Å². The zero-order valence-electron chi connectivity index (χ0n) is 19.6. The summed E-state index contributed by atoms with van der Waals surface area (Å²) in [7, 11) is 0. The average molecular weight is 549 g/mol.